The molecule has 0 spiro atoms. The van der Waals surface area contributed by atoms with Crippen molar-refractivity contribution in [1.82, 2.24) is 0 Å². The number of hydrogen-bond acceptors (Lipinski definition) is 2. The van der Waals surface area contributed by atoms with E-state index < -0.39 is 17.6 Å². The Balaban J connectivity index is 1.65. The quantitative estimate of drug-likeness (QED) is 0.485. The maximum atomic E-state index is 13.0. The van der Waals surface area contributed by atoms with Gasteiger partial charge in [0, 0.05) is 33.0 Å². The van der Waals surface area contributed by atoms with Crippen LogP contribution in [0.2, 0.25) is 5.02 Å². The number of benzene rings is 3. The molecule has 3 nitrogen and oxygen atoms in total. The van der Waals surface area contributed by atoms with E-state index in [2.05, 4.69) is 5.32 Å². The van der Waals surface area contributed by atoms with E-state index in [1.54, 1.807) is 36.4 Å². The smallest absolute Gasteiger partial charge is 0.416 e. The predicted octanol–water partition coefficient (Wildman–Crippen LogP) is 6.43. The Morgan fingerprint density at radius 2 is 1.73 bits per heavy atom. The molecule has 1 amide bonds. The standard InChI is InChI=1S/C23H15ClF3NO2/c24-19-7-3-1-6-15(19)13-30-21-8-4-2-5-14(21)11-18-17-10-9-16(23(25,26)27)12-20(17)28-22(18)29/h1-12H,13H2,(H,28,29)/b18-11-. The van der Waals surface area contributed by atoms with Gasteiger partial charge in [0.15, 0.2) is 0 Å². The molecular weight excluding hydrogens is 415 g/mol. The summed E-state index contributed by atoms with van der Waals surface area (Å²) in [5, 5.41) is 3.08. The number of carbonyl (C=O) groups is 1. The molecule has 0 aromatic heterocycles. The van der Waals surface area contributed by atoms with Gasteiger partial charge in [-0.3, -0.25) is 4.79 Å². The highest BCUT2D eigenvalue weighted by atomic mass is 35.5. The topological polar surface area (TPSA) is 38.3 Å². The first kappa shape index (κ1) is 20.0. The highest BCUT2D eigenvalue weighted by Crippen LogP contribution is 2.39. The highest BCUT2D eigenvalue weighted by molar-refractivity contribution is 6.35. The van der Waals surface area contributed by atoms with Crippen LogP contribution >= 0.6 is 11.6 Å². The summed E-state index contributed by atoms with van der Waals surface area (Å²) < 4.78 is 44.7. The van der Waals surface area contributed by atoms with Gasteiger partial charge in [-0.2, -0.15) is 13.2 Å². The fourth-order valence-electron chi connectivity index (χ4n) is 3.17. The van der Waals surface area contributed by atoms with Gasteiger partial charge in [-0.25, -0.2) is 0 Å². The summed E-state index contributed by atoms with van der Waals surface area (Å²) in [5.41, 5.74) is 1.44. The lowest BCUT2D eigenvalue weighted by atomic mass is 10.0. The van der Waals surface area contributed by atoms with Crippen LogP contribution < -0.4 is 10.1 Å². The second kappa shape index (κ2) is 7.88. The molecule has 0 unspecified atom stereocenters. The van der Waals surface area contributed by atoms with Crippen molar-refractivity contribution in [2.45, 2.75) is 12.8 Å². The van der Waals surface area contributed by atoms with E-state index in [0.29, 0.717) is 21.9 Å². The monoisotopic (exact) mass is 429 g/mol. The predicted molar refractivity (Wildman–Crippen MR) is 110 cm³/mol. The lowest BCUT2D eigenvalue weighted by Crippen LogP contribution is -2.06. The number of halogens is 4. The van der Waals surface area contributed by atoms with Gasteiger partial charge in [-0.05, 0) is 30.3 Å². The van der Waals surface area contributed by atoms with Crippen LogP contribution in [0.5, 0.6) is 5.75 Å². The van der Waals surface area contributed by atoms with Crippen LogP contribution in [0.1, 0.15) is 22.3 Å². The Morgan fingerprint density at radius 1 is 1.00 bits per heavy atom. The zero-order valence-electron chi connectivity index (χ0n) is 15.5. The van der Waals surface area contributed by atoms with Crippen molar-refractivity contribution in [1.29, 1.82) is 0 Å². The van der Waals surface area contributed by atoms with Gasteiger partial charge in [0.05, 0.1) is 5.56 Å². The average molecular weight is 430 g/mol. The molecule has 0 fully saturated rings. The molecule has 0 aliphatic carbocycles. The minimum atomic E-state index is -4.48. The Labute approximate surface area is 175 Å². The van der Waals surface area contributed by atoms with E-state index in [4.69, 9.17) is 16.3 Å². The van der Waals surface area contributed by atoms with Crippen molar-refractivity contribution in [3.63, 3.8) is 0 Å². The number of amides is 1. The summed E-state index contributed by atoms with van der Waals surface area (Å²) >= 11 is 6.16. The molecule has 7 heteroatoms. The van der Waals surface area contributed by atoms with E-state index in [-0.39, 0.29) is 17.9 Å². The van der Waals surface area contributed by atoms with Crippen LogP contribution in [-0.2, 0) is 17.6 Å². The molecule has 3 aromatic carbocycles. The molecule has 0 atom stereocenters. The van der Waals surface area contributed by atoms with Crippen LogP contribution in [0.25, 0.3) is 11.6 Å². The van der Waals surface area contributed by atoms with Gasteiger partial charge in [0.2, 0.25) is 0 Å². The van der Waals surface area contributed by atoms with E-state index >= 15 is 0 Å². The van der Waals surface area contributed by atoms with Crippen molar-refractivity contribution < 1.29 is 22.7 Å². The van der Waals surface area contributed by atoms with E-state index in [1.165, 1.54) is 6.07 Å². The third kappa shape index (κ3) is 4.04. The van der Waals surface area contributed by atoms with Gasteiger partial charge < -0.3 is 10.1 Å². The summed E-state index contributed by atoms with van der Waals surface area (Å²) in [6, 6.07) is 17.6. The minimum Gasteiger partial charge on any atom is -0.488 e. The van der Waals surface area contributed by atoms with Gasteiger partial charge in [0.1, 0.15) is 12.4 Å². The first-order valence-electron chi connectivity index (χ1n) is 9.03. The Hall–Kier alpha value is -3.25. The van der Waals surface area contributed by atoms with Crippen molar-refractivity contribution >= 4 is 34.8 Å². The summed E-state index contributed by atoms with van der Waals surface area (Å²) in [6.07, 6.45) is -2.87. The molecule has 0 radical (unpaired) electrons. The number of alkyl halides is 3. The Bertz CT molecular complexity index is 1160. The molecule has 1 heterocycles. The third-order valence-electron chi connectivity index (χ3n) is 4.69. The fraction of sp³-hybridized carbons (Fsp3) is 0.0870. The SMILES string of the molecule is O=C1Nc2cc(C(F)(F)F)ccc2/C1=C/c1ccccc1OCc1ccccc1Cl. The largest absolute Gasteiger partial charge is 0.488 e. The van der Waals surface area contributed by atoms with Gasteiger partial charge >= 0.3 is 6.18 Å². The van der Waals surface area contributed by atoms with Crippen LogP contribution in [0.4, 0.5) is 18.9 Å². The van der Waals surface area contributed by atoms with E-state index in [0.717, 1.165) is 17.7 Å². The lowest BCUT2D eigenvalue weighted by Gasteiger charge is -2.11. The molecule has 1 N–H and O–H groups in total. The second-order valence-corrected chi connectivity index (χ2v) is 7.10. The first-order valence-corrected chi connectivity index (χ1v) is 9.40. The van der Waals surface area contributed by atoms with Crippen LogP contribution in [0.15, 0.2) is 66.7 Å². The normalized spacial score (nSPS) is 14.5. The van der Waals surface area contributed by atoms with Crippen molar-refractivity contribution in [2.75, 3.05) is 5.32 Å². The number of hydrogen-bond donors (Lipinski definition) is 1. The van der Waals surface area contributed by atoms with Crippen LogP contribution in [0.3, 0.4) is 0 Å². The number of anilines is 1. The average Bonchev–Trinajstić information content (AvgIpc) is 3.02. The maximum absolute atomic E-state index is 13.0. The van der Waals surface area contributed by atoms with Crippen LogP contribution in [-0.4, -0.2) is 5.91 Å². The number of carbonyl (C=O) groups excluding carboxylic acids is 1. The minimum absolute atomic E-state index is 0.135. The Kier molecular flexibility index (Phi) is 5.26. The number of fused-ring (bicyclic) bond motifs is 1. The van der Waals surface area contributed by atoms with E-state index in [1.807, 2.05) is 18.2 Å². The fourth-order valence-corrected chi connectivity index (χ4v) is 3.36. The van der Waals surface area contributed by atoms with Crippen molar-refractivity contribution in [2.24, 2.45) is 0 Å². The number of ether oxygens (including phenoxy) is 1. The number of para-hydroxylation sites is 1. The molecular formula is C23H15ClF3NO2. The number of rotatable bonds is 4. The summed E-state index contributed by atoms with van der Waals surface area (Å²) in [4.78, 5) is 12.4. The molecule has 4 rings (SSSR count). The third-order valence-corrected chi connectivity index (χ3v) is 5.06. The summed E-state index contributed by atoms with van der Waals surface area (Å²) in [7, 11) is 0. The highest BCUT2D eigenvalue weighted by Gasteiger charge is 2.33. The zero-order valence-corrected chi connectivity index (χ0v) is 16.2. The molecule has 30 heavy (non-hydrogen) atoms. The molecule has 152 valence electrons. The van der Waals surface area contributed by atoms with Crippen molar-refractivity contribution in [3.05, 3.63) is 94.0 Å². The molecule has 0 bridgehead atoms. The number of nitrogens with one attached hydrogen (secondary N) is 1. The lowest BCUT2D eigenvalue weighted by molar-refractivity contribution is -0.137. The maximum Gasteiger partial charge on any atom is 0.416 e. The van der Waals surface area contributed by atoms with Crippen LogP contribution in [0, 0.1) is 0 Å². The molecule has 0 saturated heterocycles. The zero-order chi connectivity index (χ0) is 21.3. The Morgan fingerprint density at radius 3 is 2.50 bits per heavy atom. The summed E-state index contributed by atoms with van der Waals surface area (Å²) in [5.74, 6) is 0.0586. The van der Waals surface area contributed by atoms with E-state index in [9.17, 15) is 18.0 Å². The molecule has 0 saturated carbocycles. The molecule has 1 aliphatic heterocycles. The van der Waals surface area contributed by atoms with Gasteiger partial charge in [0.25, 0.3) is 5.91 Å². The van der Waals surface area contributed by atoms with Crippen molar-refractivity contribution in [3.8, 4) is 5.75 Å². The molecule has 1 aliphatic rings. The van der Waals surface area contributed by atoms with Gasteiger partial charge in [-0.1, -0.05) is 54.1 Å². The molecule has 3 aromatic rings. The first-order chi connectivity index (χ1) is 14.3. The summed E-state index contributed by atoms with van der Waals surface area (Å²) in [6.45, 7) is 0.234. The second-order valence-electron chi connectivity index (χ2n) is 6.69. The van der Waals surface area contributed by atoms with Gasteiger partial charge in [-0.15, -0.1) is 0 Å².